The first kappa shape index (κ1) is 16.5. The van der Waals surface area contributed by atoms with E-state index in [-0.39, 0.29) is 11.5 Å². The fraction of sp³-hybridized carbons (Fsp3) is 0.429. The third-order valence-corrected chi connectivity index (χ3v) is 4.06. The topological polar surface area (TPSA) is 75.6 Å². The second-order valence-corrected chi connectivity index (χ2v) is 5.84. The fourth-order valence-electron chi connectivity index (χ4n) is 1.55. The van der Waals surface area contributed by atoms with Crippen LogP contribution in [-0.4, -0.2) is 33.8 Å². The van der Waals surface area contributed by atoms with Crippen molar-refractivity contribution in [2.24, 2.45) is 0 Å². The molecule has 1 rings (SSSR count). The van der Waals surface area contributed by atoms with Crippen LogP contribution in [-0.2, 0) is 10.0 Å². The van der Waals surface area contributed by atoms with Crippen LogP contribution in [0.4, 0.5) is 0 Å². The molecule has 0 atom stereocenters. The minimum atomic E-state index is -3.54. The molecule has 0 aromatic heterocycles. The summed E-state index contributed by atoms with van der Waals surface area (Å²) in [4.78, 5) is 0.136. The van der Waals surface area contributed by atoms with Crippen LogP contribution in [0.3, 0.4) is 0 Å². The monoisotopic (exact) mass is 297 g/mol. The molecule has 0 aliphatic rings. The van der Waals surface area contributed by atoms with E-state index in [0.717, 1.165) is 12.8 Å². The summed E-state index contributed by atoms with van der Waals surface area (Å²) in [5, 5.41) is 8.72. The van der Waals surface area contributed by atoms with Gasteiger partial charge in [-0.1, -0.05) is 25.2 Å². The van der Waals surface area contributed by atoms with Crippen molar-refractivity contribution >= 4 is 10.0 Å². The predicted octanol–water partition coefficient (Wildman–Crippen LogP) is 1.12. The first-order valence-corrected chi connectivity index (χ1v) is 7.81. The number of aliphatic hydroxyl groups is 1. The molecule has 5 nitrogen and oxygen atoms in total. The molecule has 1 aromatic carbocycles. The van der Waals surface area contributed by atoms with Gasteiger partial charge in [-0.3, -0.25) is 0 Å². The molecule has 0 amide bonds. The highest BCUT2D eigenvalue weighted by atomic mass is 32.2. The number of hydrogen-bond donors (Lipinski definition) is 2. The molecular formula is C14H19NO4S. The van der Waals surface area contributed by atoms with E-state index in [1.165, 1.54) is 19.2 Å². The number of benzene rings is 1. The zero-order chi connectivity index (χ0) is 15.0. The Bertz CT molecular complexity index is 599. The molecule has 1 aromatic rings. The van der Waals surface area contributed by atoms with Gasteiger partial charge in [0.1, 0.15) is 12.4 Å². The zero-order valence-electron chi connectivity index (χ0n) is 11.6. The number of aliphatic hydroxyl groups excluding tert-OH is 1. The third-order valence-electron chi connectivity index (χ3n) is 2.61. The van der Waals surface area contributed by atoms with Gasteiger partial charge in [0, 0.05) is 6.54 Å². The van der Waals surface area contributed by atoms with Crippen molar-refractivity contribution in [3.63, 3.8) is 0 Å². The smallest absolute Gasteiger partial charge is 0.240 e. The van der Waals surface area contributed by atoms with Crippen molar-refractivity contribution in [3.05, 3.63) is 23.8 Å². The van der Waals surface area contributed by atoms with Crippen LogP contribution in [0, 0.1) is 11.8 Å². The molecule has 0 unspecified atom stereocenters. The lowest BCUT2D eigenvalue weighted by atomic mass is 10.2. The van der Waals surface area contributed by atoms with Gasteiger partial charge in [0.05, 0.1) is 17.6 Å². The number of sulfonamides is 1. The largest absolute Gasteiger partial charge is 0.495 e. The summed E-state index contributed by atoms with van der Waals surface area (Å²) in [6, 6.07) is 4.46. The van der Waals surface area contributed by atoms with E-state index in [4.69, 9.17) is 9.84 Å². The molecular weight excluding hydrogens is 278 g/mol. The van der Waals surface area contributed by atoms with E-state index in [1.54, 1.807) is 6.07 Å². The van der Waals surface area contributed by atoms with Crippen LogP contribution in [0.5, 0.6) is 5.75 Å². The molecule has 110 valence electrons. The van der Waals surface area contributed by atoms with Crippen molar-refractivity contribution < 1.29 is 18.3 Å². The molecule has 0 spiro atoms. The van der Waals surface area contributed by atoms with Gasteiger partial charge in [-0.05, 0) is 24.6 Å². The van der Waals surface area contributed by atoms with Crippen LogP contribution in [0.25, 0.3) is 0 Å². The van der Waals surface area contributed by atoms with Crippen molar-refractivity contribution in [1.29, 1.82) is 0 Å². The average Bonchev–Trinajstić information content (AvgIpc) is 2.44. The van der Waals surface area contributed by atoms with Crippen molar-refractivity contribution in [3.8, 4) is 17.6 Å². The number of ether oxygens (including phenoxy) is 1. The first-order valence-electron chi connectivity index (χ1n) is 6.32. The number of unbranched alkanes of at least 4 members (excludes halogenated alkanes) is 1. The summed E-state index contributed by atoms with van der Waals surface area (Å²) in [6.45, 7) is 2.10. The van der Waals surface area contributed by atoms with E-state index >= 15 is 0 Å². The highest BCUT2D eigenvalue weighted by Crippen LogP contribution is 2.21. The Morgan fingerprint density at radius 3 is 2.75 bits per heavy atom. The Hall–Kier alpha value is -1.55. The summed E-state index contributed by atoms with van der Waals surface area (Å²) in [7, 11) is -2.06. The molecule has 0 aliphatic heterocycles. The lowest BCUT2D eigenvalue weighted by Crippen LogP contribution is -2.24. The van der Waals surface area contributed by atoms with E-state index in [1.807, 2.05) is 6.92 Å². The molecule has 0 saturated heterocycles. The predicted molar refractivity (Wildman–Crippen MR) is 77.1 cm³/mol. The number of hydrogen-bond acceptors (Lipinski definition) is 4. The van der Waals surface area contributed by atoms with Gasteiger partial charge < -0.3 is 9.84 Å². The lowest BCUT2D eigenvalue weighted by Gasteiger charge is -2.09. The van der Waals surface area contributed by atoms with Gasteiger partial charge in [-0.25, -0.2) is 13.1 Å². The number of rotatable bonds is 6. The molecule has 0 saturated carbocycles. The SMILES string of the molecule is CCCCNS(=O)(=O)c1ccc(OC)c(C#CCO)c1. The Morgan fingerprint density at radius 2 is 2.15 bits per heavy atom. The van der Waals surface area contributed by atoms with Crippen LogP contribution in [0.2, 0.25) is 0 Å². The second kappa shape index (κ2) is 7.90. The summed E-state index contributed by atoms with van der Waals surface area (Å²) < 4.78 is 31.8. The maximum Gasteiger partial charge on any atom is 0.240 e. The Kier molecular flexibility index (Phi) is 6.52. The molecule has 0 fully saturated rings. The number of nitrogens with one attached hydrogen (secondary N) is 1. The molecule has 0 heterocycles. The normalized spacial score (nSPS) is 10.8. The van der Waals surface area contributed by atoms with Gasteiger partial charge in [-0.2, -0.15) is 0 Å². The highest BCUT2D eigenvalue weighted by molar-refractivity contribution is 7.89. The summed E-state index contributed by atoms with van der Waals surface area (Å²) in [5.41, 5.74) is 0.430. The van der Waals surface area contributed by atoms with Crippen LogP contribution >= 0.6 is 0 Å². The molecule has 0 aliphatic carbocycles. The van der Waals surface area contributed by atoms with E-state index in [9.17, 15) is 8.42 Å². The standard InChI is InChI=1S/C14H19NO4S/c1-3-4-9-15-20(17,18)13-7-8-14(19-2)12(11-13)6-5-10-16/h7-8,11,15-16H,3-4,9-10H2,1-2H3. The van der Waals surface area contributed by atoms with Gasteiger partial charge in [0.2, 0.25) is 10.0 Å². The third kappa shape index (κ3) is 4.53. The van der Waals surface area contributed by atoms with Gasteiger partial charge >= 0.3 is 0 Å². The van der Waals surface area contributed by atoms with Gasteiger partial charge in [-0.15, -0.1) is 0 Å². The summed E-state index contributed by atoms with van der Waals surface area (Å²) in [5.74, 6) is 5.63. The Morgan fingerprint density at radius 1 is 1.40 bits per heavy atom. The van der Waals surface area contributed by atoms with Gasteiger partial charge in [0.25, 0.3) is 0 Å². The van der Waals surface area contributed by atoms with Gasteiger partial charge in [0.15, 0.2) is 0 Å². The summed E-state index contributed by atoms with van der Waals surface area (Å²) in [6.07, 6.45) is 1.70. The zero-order valence-corrected chi connectivity index (χ0v) is 12.5. The minimum absolute atomic E-state index is 0.136. The van der Waals surface area contributed by atoms with E-state index in [2.05, 4.69) is 16.6 Å². The second-order valence-electron chi connectivity index (χ2n) is 4.07. The maximum atomic E-state index is 12.1. The Balaban J connectivity index is 3.07. The fourth-order valence-corrected chi connectivity index (χ4v) is 2.65. The molecule has 2 N–H and O–H groups in total. The van der Waals surface area contributed by atoms with Crippen molar-refractivity contribution in [1.82, 2.24) is 4.72 Å². The van der Waals surface area contributed by atoms with Crippen molar-refractivity contribution in [2.75, 3.05) is 20.3 Å². The minimum Gasteiger partial charge on any atom is -0.495 e. The molecule has 0 bridgehead atoms. The van der Waals surface area contributed by atoms with E-state index in [0.29, 0.717) is 17.9 Å². The molecule has 6 heteroatoms. The van der Waals surface area contributed by atoms with Crippen molar-refractivity contribution in [2.45, 2.75) is 24.7 Å². The van der Waals surface area contributed by atoms with Crippen LogP contribution < -0.4 is 9.46 Å². The van der Waals surface area contributed by atoms with Crippen LogP contribution in [0.15, 0.2) is 23.1 Å². The molecule has 20 heavy (non-hydrogen) atoms. The maximum absolute atomic E-state index is 12.1. The molecule has 0 radical (unpaired) electrons. The Labute approximate surface area is 120 Å². The lowest BCUT2D eigenvalue weighted by molar-refractivity contribution is 0.350. The summed E-state index contributed by atoms with van der Waals surface area (Å²) >= 11 is 0. The average molecular weight is 297 g/mol. The highest BCUT2D eigenvalue weighted by Gasteiger charge is 2.15. The van der Waals surface area contributed by atoms with E-state index < -0.39 is 10.0 Å². The van der Waals surface area contributed by atoms with Crippen LogP contribution in [0.1, 0.15) is 25.3 Å². The number of methoxy groups -OCH3 is 1. The first-order chi connectivity index (χ1) is 9.55. The quantitative estimate of drug-likeness (QED) is 0.609.